The molecule has 0 aliphatic carbocycles. The van der Waals surface area contributed by atoms with Gasteiger partial charge in [-0.05, 0) is 6.42 Å². The summed E-state index contributed by atoms with van der Waals surface area (Å²) >= 11 is 3.24. The number of rotatable bonds is 3. The summed E-state index contributed by atoms with van der Waals surface area (Å²) in [6, 6.07) is 0.610. The van der Waals surface area contributed by atoms with Gasteiger partial charge in [0.15, 0.2) is 0 Å². The summed E-state index contributed by atoms with van der Waals surface area (Å²) in [6.07, 6.45) is 1.24. The largest absolute Gasteiger partial charge is 0.315 e. The van der Waals surface area contributed by atoms with E-state index in [-0.39, 0.29) is 4.87 Å². The first-order valence-corrected chi connectivity index (χ1v) is 6.68. The molecule has 2 atom stereocenters. The van der Waals surface area contributed by atoms with Crippen LogP contribution < -0.4 is 10.2 Å². The van der Waals surface area contributed by atoms with Crippen LogP contribution in [0, 0.1) is 0 Å². The second-order valence-electron chi connectivity index (χ2n) is 3.63. The smallest absolute Gasteiger partial charge is 0.304 e. The van der Waals surface area contributed by atoms with Gasteiger partial charge in [0.25, 0.3) is 0 Å². The first-order chi connectivity index (χ1) is 6.74. The van der Waals surface area contributed by atoms with Crippen molar-refractivity contribution in [2.45, 2.75) is 31.2 Å². The molecule has 2 heterocycles. The molecule has 0 spiro atoms. The Morgan fingerprint density at radius 1 is 1.71 bits per heavy atom. The van der Waals surface area contributed by atoms with Crippen molar-refractivity contribution >= 4 is 23.1 Å². The average molecular weight is 230 g/mol. The molecule has 0 radical (unpaired) electrons. The number of hydrogen-bond acceptors (Lipinski definition) is 4. The van der Waals surface area contributed by atoms with E-state index < -0.39 is 0 Å². The Morgan fingerprint density at radius 3 is 3.14 bits per heavy atom. The van der Waals surface area contributed by atoms with Gasteiger partial charge in [0, 0.05) is 34.7 Å². The van der Waals surface area contributed by atoms with Gasteiger partial charge in [-0.3, -0.25) is 4.79 Å². The third-order valence-corrected chi connectivity index (χ3v) is 4.43. The monoisotopic (exact) mass is 230 g/mol. The minimum Gasteiger partial charge on any atom is -0.315 e. The third kappa shape index (κ3) is 2.62. The minimum atomic E-state index is 0.0379. The predicted molar refractivity (Wildman–Crippen MR) is 62.1 cm³/mol. The molecule has 2 rings (SSSR count). The van der Waals surface area contributed by atoms with Crippen LogP contribution in [0.1, 0.15) is 19.0 Å². The van der Waals surface area contributed by atoms with Crippen LogP contribution in [0.2, 0.25) is 0 Å². The lowest BCUT2D eigenvalue weighted by Gasteiger charge is -2.09. The summed E-state index contributed by atoms with van der Waals surface area (Å²) in [7, 11) is 0. The zero-order chi connectivity index (χ0) is 9.97. The molecule has 5 heteroatoms. The van der Waals surface area contributed by atoms with Gasteiger partial charge >= 0.3 is 4.87 Å². The van der Waals surface area contributed by atoms with Crippen molar-refractivity contribution in [1.82, 2.24) is 10.3 Å². The fourth-order valence-corrected chi connectivity index (χ4v) is 3.38. The Morgan fingerprint density at radius 2 is 2.57 bits per heavy atom. The fourth-order valence-electron chi connectivity index (χ4n) is 1.61. The molecule has 0 amide bonds. The molecule has 14 heavy (non-hydrogen) atoms. The van der Waals surface area contributed by atoms with E-state index in [4.69, 9.17) is 0 Å². The molecule has 1 aromatic heterocycles. The van der Waals surface area contributed by atoms with Crippen LogP contribution in [0.25, 0.3) is 0 Å². The van der Waals surface area contributed by atoms with Gasteiger partial charge in [0.05, 0.1) is 0 Å². The topological polar surface area (TPSA) is 44.9 Å². The maximum absolute atomic E-state index is 10.9. The quantitative estimate of drug-likeness (QED) is 0.825. The van der Waals surface area contributed by atoms with Crippen molar-refractivity contribution in [3.8, 4) is 0 Å². The summed E-state index contributed by atoms with van der Waals surface area (Å²) in [5.74, 6) is 1.19. The zero-order valence-corrected chi connectivity index (χ0v) is 9.71. The van der Waals surface area contributed by atoms with E-state index in [0.29, 0.717) is 6.04 Å². The van der Waals surface area contributed by atoms with E-state index in [1.807, 2.05) is 17.1 Å². The normalized spacial score (nSPS) is 26.9. The molecule has 1 aliphatic rings. The van der Waals surface area contributed by atoms with Crippen LogP contribution in [0.15, 0.2) is 10.2 Å². The molecular formula is C9H14N2OS2. The Kier molecular flexibility index (Phi) is 3.30. The second kappa shape index (κ2) is 4.51. The van der Waals surface area contributed by atoms with E-state index in [0.717, 1.165) is 17.5 Å². The Labute approximate surface area is 91.3 Å². The SMILES string of the molecule is CC1CC(NCc2csc(=O)[nH]2)CS1. The molecule has 3 nitrogen and oxygen atoms in total. The zero-order valence-electron chi connectivity index (χ0n) is 8.08. The number of H-pyrrole nitrogens is 1. The Balaban J connectivity index is 1.80. The number of aromatic nitrogens is 1. The first kappa shape index (κ1) is 10.3. The number of aromatic amines is 1. The average Bonchev–Trinajstić information content (AvgIpc) is 2.72. The first-order valence-electron chi connectivity index (χ1n) is 4.75. The highest BCUT2D eigenvalue weighted by Crippen LogP contribution is 2.25. The number of hydrogen-bond donors (Lipinski definition) is 2. The fraction of sp³-hybridized carbons (Fsp3) is 0.667. The highest BCUT2D eigenvalue weighted by Gasteiger charge is 2.20. The summed E-state index contributed by atoms with van der Waals surface area (Å²) < 4.78 is 0. The van der Waals surface area contributed by atoms with Gasteiger partial charge < -0.3 is 10.3 Å². The molecule has 0 aromatic carbocycles. The van der Waals surface area contributed by atoms with Crippen molar-refractivity contribution in [1.29, 1.82) is 0 Å². The Bertz CT molecular complexity index is 347. The van der Waals surface area contributed by atoms with Crippen LogP contribution in [0.3, 0.4) is 0 Å². The van der Waals surface area contributed by atoms with Gasteiger partial charge in [-0.25, -0.2) is 0 Å². The second-order valence-corrected chi connectivity index (χ2v) is 5.94. The highest BCUT2D eigenvalue weighted by atomic mass is 32.2. The molecule has 2 N–H and O–H groups in total. The lowest BCUT2D eigenvalue weighted by Crippen LogP contribution is -2.28. The van der Waals surface area contributed by atoms with E-state index in [1.165, 1.54) is 23.5 Å². The van der Waals surface area contributed by atoms with Gasteiger partial charge in [-0.2, -0.15) is 11.8 Å². The Hall–Kier alpha value is -0.260. The summed E-state index contributed by atoms with van der Waals surface area (Å²) in [5.41, 5.74) is 1.00. The van der Waals surface area contributed by atoms with Crippen molar-refractivity contribution in [2.24, 2.45) is 0 Å². The summed E-state index contributed by atoms with van der Waals surface area (Å²) in [5, 5.41) is 6.12. The molecule has 1 saturated heterocycles. The third-order valence-electron chi connectivity index (χ3n) is 2.35. The highest BCUT2D eigenvalue weighted by molar-refractivity contribution is 8.00. The maximum atomic E-state index is 10.9. The maximum Gasteiger partial charge on any atom is 0.304 e. The number of thiazole rings is 1. The molecule has 1 aromatic rings. The molecule has 1 aliphatic heterocycles. The minimum absolute atomic E-state index is 0.0379. The molecule has 2 unspecified atom stereocenters. The van der Waals surface area contributed by atoms with Crippen molar-refractivity contribution in [2.75, 3.05) is 5.75 Å². The number of nitrogens with one attached hydrogen (secondary N) is 2. The lowest BCUT2D eigenvalue weighted by atomic mass is 10.2. The van der Waals surface area contributed by atoms with Crippen LogP contribution in [-0.2, 0) is 6.54 Å². The number of thioether (sulfide) groups is 1. The van der Waals surface area contributed by atoms with Crippen LogP contribution in [-0.4, -0.2) is 22.0 Å². The molecular weight excluding hydrogens is 216 g/mol. The molecule has 78 valence electrons. The summed E-state index contributed by atoms with van der Waals surface area (Å²) in [6.45, 7) is 3.05. The van der Waals surface area contributed by atoms with Gasteiger partial charge in [0.2, 0.25) is 0 Å². The van der Waals surface area contributed by atoms with Gasteiger partial charge in [-0.1, -0.05) is 18.3 Å². The van der Waals surface area contributed by atoms with Crippen molar-refractivity contribution < 1.29 is 0 Å². The van der Waals surface area contributed by atoms with E-state index in [1.54, 1.807) is 0 Å². The molecule has 1 fully saturated rings. The van der Waals surface area contributed by atoms with Crippen molar-refractivity contribution in [3.63, 3.8) is 0 Å². The van der Waals surface area contributed by atoms with Crippen LogP contribution in [0.4, 0.5) is 0 Å². The van der Waals surface area contributed by atoms with Gasteiger partial charge in [-0.15, -0.1) is 0 Å². The van der Waals surface area contributed by atoms with Crippen LogP contribution >= 0.6 is 23.1 Å². The van der Waals surface area contributed by atoms with E-state index in [9.17, 15) is 4.79 Å². The molecule has 0 saturated carbocycles. The van der Waals surface area contributed by atoms with E-state index >= 15 is 0 Å². The summed E-state index contributed by atoms with van der Waals surface area (Å²) in [4.78, 5) is 13.7. The molecule has 0 bridgehead atoms. The standard InChI is InChI=1S/C9H14N2OS2/c1-6-2-7(4-13-6)10-3-8-5-14-9(12)11-8/h5-7,10H,2-4H2,1H3,(H,11,12). The van der Waals surface area contributed by atoms with Crippen molar-refractivity contribution in [3.05, 3.63) is 20.7 Å². The van der Waals surface area contributed by atoms with Gasteiger partial charge in [0.1, 0.15) is 0 Å². The van der Waals surface area contributed by atoms with E-state index in [2.05, 4.69) is 17.2 Å². The predicted octanol–water partition coefficient (Wildman–Crippen LogP) is 1.42. The van der Waals surface area contributed by atoms with Crippen LogP contribution in [0.5, 0.6) is 0 Å². The lowest BCUT2D eigenvalue weighted by molar-refractivity contribution is 0.534.